The van der Waals surface area contributed by atoms with Crippen molar-refractivity contribution in [3.8, 4) is 5.75 Å². The van der Waals surface area contributed by atoms with E-state index in [2.05, 4.69) is 24.3 Å². The average Bonchev–Trinajstić information content (AvgIpc) is 2.69. The number of Topliss-reactive ketones (excluding diaryl/α,β-unsaturated/α-hetero) is 1. The molecule has 2 aliphatic rings. The predicted molar refractivity (Wildman–Crippen MR) is 111 cm³/mol. The molecule has 0 aromatic heterocycles. The first-order valence-corrected chi connectivity index (χ1v) is 11.7. The van der Waals surface area contributed by atoms with E-state index in [-0.39, 0.29) is 5.78 Å². The van der Waals surface area contributed by atoms with Crippen LogP contribution < -0.4 is 4.74 Å². The van der Waals surface area contributed by atoms with E-state index in [1.807, 2.05) is 6.07 Å². The second-order valence-electron chi connectivity index (χ2n) is 7.72. The topological polar surface area (TPSA) is 26.3 Å². The largest absolute Gasteiger partial charge is 0.490 e. The number of ketones is 1. The zero-order valence-corrected chi connectivity index (χ0v) is 16.6. The van der Waals surface area contributed by atoms with Gasteiger partial charge in [0.15, 0.2) is 10.7 Å². The van der Waals surface area contributed by atoms with Gasteiger partial charge >= 0.3 is 0 Å². The lowest BCUT2D eigenvalue weighted by atomic mass is 9.97. The normalized spacial score (nSPS) is 19.6. The third-order valence-electron chi connectivity index (χ3n) is 5.78. The van der Waals surface area contributed by atoms with E-state index in [1.165, 1.54) is 78.5 Å². The molecule has 0 radical (unpaired) electrons. The number of carbonyl (C=O) groups is 1. The lowest BCUT2D eigenvalue weighted by molar-refractivity contribution is 0.101. The zero-order valence-electron chi connectivity index (χ0n) is 15.8. The molecule has 0 spiro atoms. The molecule has 0 N–H and O–H groups in total. The number of hydrogen-bond donors (Lipinski definition) is 0. The molecular weight excluding hydrogens is 340 g/mol. The van der Waals surface area contributed by atoms with Crippen molar-refractivity contribution in [2.45, 2.75) is 69.3 Å². The number of benzene rings is 2. The van der Waals surface area contributed by atoms with Crippen molar-refractivity contribution in [1.82, 2.24) is 0 Å². The van der Waals surface area contributed by atoms with Crippen LogP contribution in [-0.4, -0.2) is 23.4 Å². The molecule has 1 aliphatic heterocycles. The van der Waals surface area contributed by atoms with Crippen LogP contribution in [0.25, 0.3) is 10.8 Å². The Labute approximate surface area is 159 Å². The van der Waals surface area contributed by atoms with Crippen LogP contribution in [-0.2, 0) is 10.9 Å². The van der Waals surface area contributed by atoms with Crippen molar-refractivity contribution in [1.29, 1.82) is 0 Å². The molecule has 2 aromatic rings. The minimum Gasteiger partial charge on any atom is -0.490 e. The highest BCUT2D eigenvalue weighted by atomic mass is 32.2. The molecule has 1 aliphatic carbocycles. The van der Waals surface area contributed by atoms with Gasteiger partial charge in [-0.25, -0.2) is 0 Å². The number of carbonyl (C=O) groups excluding carboxylic acids is 1. The summed E-state index contributed by atoms with van der Waals surface area (Å²) in [6, 6.07) is 10.7. The Morgan fingerprint density at radius 1 is 0.923 bits per heavy atom. The molecule has 1 heterocycles. The van der Waals surface area contributed by atoms with Gasteiger partial charge in [0, 0.05) is 27.2 Å². The van der Waals surface area contributed by atoms with Gasteiger partial charge in [0.1, 0.15) is 17.3 Å². The second kappa shape index (κ2) is 8.04. The average molecular weight is 370 g/mol. The number of ether oxygens (including phenoxy) is 1. The summed E-state index contributed by atoms with van der Waals surface area (Å²) >= 11 is 0. The Bertz CT molecular complexity index is 786. The fourth-order valence-corrected chi connectivity index (χ4v) is 6.77. The van der Waals surface area contributed by atoms with E-state index >= 15 is 0 Å². The summed E-state index contributed by atoms with van der Waals surface area (Å²) in [4.78, 5) is 13.4. The van der Waals surface area contributed by atoms with Crippen molar-refractivity contribution in [3.63, 3.8) is 0 Å². The molecule has 2 nitrogen and oxygen atoms in total. The Morgan fingerprint density at radius 3 is 2.38 bits per heavy atom. The summed E-state index contributed by atoms with van der Waals surface area (Å²) in [5.41, 5.74) is 0.814. The van der Waals surface area contributed by atoms with Gasteiger partial charge < -0.3 is 4.74 Å². The van der Waals surface area contributed by atoms with Gasteiger partial charge in [0.25, 0.3) is 0 Å². The Kier molecular flexibility index (Phi) is 5.54. The first-order valence-electron chi connectivity index (χ1n) is 10.1. The van der Waals surface area contributed by atoms with Crippen molar-refractivity contribution < 1.29 is 9.53 Å². The van der Waals surface area contributed by atoms with Crippen molar-refractivity contribution in [2.75, 3.05) is 11.5 Å². The van der Waals surface area contributed by atoms with Crippen LogP contribution in [0.5, 0.6) is 5.75 Å². The van der Waals surface area contributed by atoms with Crippen molar-refractivity contribution in [3.05, 3.63) is 35.9 Å². The van der Waals surface area contributed by atoms with E-state index < -0.39 is 0 Å². The summed E-state index contributed by atoms with van der Waals surface area (Å²) in [7, 11) is 0.314. The van der Waals surface area contributed by atoms with Gasteiger partial charge in [-0.2, -0.15) is 0 Å². The van der Waals surface area contributed by atoms with Crippen LogP contribution in [0.15, 0.2) is 35.2 Å². The summed E-state index contributed by atoms with van der Waals surface area (Å²) in [6.07, 6.45) is 10.6. The third-order valence-corrected chi connectivity index (χ3v) is 8.32. The Hall–Kier alpha value is -1.48. The summed E-state index contributed by atoms with van der Waals surface area (Å²) in [6.45, 7) is 1.66. The molecule has 0 amide bonds. The highest BCUT2D eigenvalue weighted by Gasteiger charge is 2.28. The minimum absolute atomic E-state index is 0.142. The van der Waals surface area contributed by atoms with Gasteiger partial charge in [0.2, 0.25) is 0 Å². The zero-order chi connectivity index (χ0) is 17.9. The van der Waals surface area contributed by atoms with Crippen molar-refractivity contribution in [2.24, 2.45) is 0 Å². The molecule has 2 aromatic carbocycles. The molecule has 138 valence electrons. The molecule has 3 heteroatoms. The first kappa shape index (κ1) is 17.9. The van der Waals surface area contributed by atoms with E-state index in [4.69, 9.17) is 4.74 Å². The van der Waals surface area contributed by atoms with Gasteiger partial charge in [-0.15, -0.1) is 0 Å². The number of hydrogen-bond acceptors (Lipinski definition) is 2. The smallest absolute Gasteiger partial charge is 0.163 e. The summed E-state index contributed by atoms with van der Waals surface area (Å²) < 4.78 is 6.43. The van der Waals surface area contributed by atoms with E-state index in [0.717, 1.165) is 11.3 Å². The Balaban J connectivity index is 1.75. The minimum atomic E-state index is 0.142. The monoisotopic (exact) mass is 369 g/mol. The van der Waals surface area contributed by atoms with Crippen LogP contribution in [0.1, 0.15) is 68.6 Å². The standard InChI is InChI=1S/C23H29O2S/c1-17(24)18-10-11-20-21(16-18)23(26-14-6-3-7-15-26)13-12-22(20)25-19-8-4-2-5-9-19/h10-13,16,19H,2-9,14-15H2,1H3/q+1. The molecule has 4 rings (SSSR count). The molecular formula is C23H29O2S+. The predicted octanol–water partition coefficient (Wildman–Crippen LogP) is 5.92. The SMILES string of the molecule is CC(=O)c1ccc2c(OC3CCCCC3)ccc([S+]3CCCCC3)c2c1. The highest BCUT2D eigenvalue weighted by Crippen LogP contribution is 2.36. The molecule has 0 bridgehead atoms. The van der Waals surface area contributed by atoms with Gasteiger partial charge in [-0.05, 0) is 76.1 Å². The molecule has 1 saturated carbocycles. The quantitative estimate of drug-likeness (QED) is 0.494. The van der Waals surface area contributed by atoms with E-state index in [1.54, 1.807) is 6.92 Å². The lowest BCUT2D eigenvalue weighted by Gasteiger charge is -2.24. The van der Waals surface area contributed by atoms with Crippen LogP contribution in [0.3, 0.4) is 0 Å². The third kappa shape index (κ3) is 3.78. The van der Waals surface area contributed by atoms with Gasteiger partial charge in [0.05, 0.1) is 6.10 Å². The molecule has 1 saturated heterocycles. The first-order chi connectivity index (χ1) is 12.7. The highest BCUT2D eigenvalue weighted by molar-refractivity contribution is 7.97. The second-order valence-corrected chi connectivity index (χ2v) is 9.96. The van der Waals surface area contributed by atoms with E-state index in [9.17, 15) is 4.79 Å². The van der Waals surface area contributed by atoms with Crippen LogP contribution in [0.2, 0.25) is 0 Å². The van der Waals surface area contributed by atoms with Gasteiger partial charge in [-0.3, -0.25) is 4.79 Å². The van der Waals surface area contributed by atoms with Crippen LogP contribution >= 0.6 is 0 Å². The summed E-state index contributed by atoms with van der Waals surface area (Å²) in [5.74, 6) is 3.74. The molecule has 26 heavy (non-hydrogen) atoms. The fraction of sp³-hybridized carbons (Fsp3) is 0.522. The van der Waals surface area contributed by atoms with Crippen LogP contribution in [0.4, 0.5) is 0 Å². The summed E-state index contributed by atoms with van der Waals surface area (Å²) in [5, 5.41) is 2.44. The maximum Gasteiger partial charge on any atom is 0.163 e. The molecule has 0 unspecified atom stereocenters. The van der Waals surface area contributed by atoms with E-state index in [0.29, 0.717) is 17.0 Å². The Morgan fingerprint density at radius 2 is 1.65 bits per heavy atom. The maximum absolute atomic E-state index is 11.9. The van der Waals surface area contributed by atoms with Crippen LogP contribution in [0, 0.1) is 0 Å². The van der Waals surface area contributed by atoms with Gasteiger partial charge in [-0.1, -0.05) is 12.5 Å². The number of fused-ring (bicyclic) bond motifs is 1. The van der Waals surface area contributed by atoms with Crippen molar-refractivity contribution >= 4 is 27.5 Å². The molecule has 0 atom stereocenters. The number of rotatable bonds is 4. The molecule has 2 fully saturated rings. The maximum atomic E-state index is 11.9. The fourth-order valence-electron chi connectivity index (χ4n) is 4.28. The lowest BCUT2D eigenvalue weighted by Crippen LogP contribution is -2.20.